The van der Waals surface area contributed by atoms with E-state index in [1.807, 2.05) is 6.20 Å². The van der Waals surface area contributed by atoms with Crippen LogP contribution in [0.15, 0.2) is 12.4 Å². The Kier molecular flexibility index (Phi) is 6.94. The zero-order valence-electron chi connectivity index (χ0n) is 11.6. The summed E-state index contributed by atoms with van der Waals surface area (Å²) in [5.41, 5.74) is 0. The summed E-state index contributed by atoms with van der Waals surface area (Å²) in [4.78, 5) is 4.33. The Morgan fingerprint density at radius 3 is 2.82 bits per heavy atom. The Balaban J connectivity index is 2.01. The average Bonchev–Trinajstić information content (AvgIpc) is 2.74. The first kappa shape index (κ1) is 14.2. The molecule has 1 aromatic heterocycles. The Morgan fingerprint density at radius 2 is 2.12 bits per heavy atom. The molecule has 1 N–H and O–H groups in total. The van der Waals surface area contributed by atoms with Crippen molar-refractivity contribution in [2.75, 3.05) is 13.1 Å². The zero-order valence-corrected chi connectivity index (χ0v) is 11.6. The third-order valence-electron chi connectivity index (χ3n) is 2.92. The highest BCUT2D eigenvalue weighted by molar-refractivity contribution is 4.91. The fraction of sp³-hybridized carbons (Fsp3) is 0.786. The quantitative estimate of drug-likeness (QED) is 0.669. The standard InChI is InChI=1S/C14H27N3/c1-4-14-16-9-11-17(14)10-7-5-6-8-15-12-13(2)3/h9,11,13,15H,4-8,10,12H2,1-3H3. The van der Waals surface area contributed by atoms with Crippen LogP contribution >= 0.6 is 0 Å². The predicted octanol–water partition coefficient (Wildman–Crippen LogP) is 2.86. The number of hydrogen-bond donors (Lipinski definition) is 1. The van der Waals surface area contributed by atoms with E-state index in [1.54, 1.807) is 0 Å². The lowest BCUT2D eigenvalue weighted by Gasteiger charge is -2.08. The number of imidazole rings is 1. The van der Waals surface area contributed by atoms with E-state index in [0.717, 1.165) is 32.0 Å². The average molecular weight is 237 g/mol. The van der Waals surface area contributed by atoms with E-state index >= 15 is 0 Å². The molecule has 17 heavy (non-hydrogen) atoms. The van der Waals surface area contributed by atoms with Crippen molar-refractivity contribution < 1.29 is 0 Å². The van der Waals surface area contributed by atoms with Gasteiger partial charge in [0.15, 0.2) is 0 Å². The van der Waals surface area contributed by atoms with E-state index in [2.05, 4.69) is 41.8 Å². The van der Waals surface area contributed by atoms with Crippen molar-refractivity contribution in [1.29, 1.82) is 0 Å². The van der Waals surface area contributed by atoms with Gasteiger partial charge in [-0.1, -0.05) is 27.2 Å². The molecule has 0 radical (unpaired) electrons. The van der Waals surface area contributed by atoms with Gasteiger partial charge in [0.1, 0.15) is 5.82 Å². The SMILES string of the molecule is CCc1nccn1CCCCCNCC(C)C. The molecule has 3 nitrogen and oxygen atoms in total. The van der Waals surface area contributed by atoms with E-state index < -0.39 is 0 Å². The van der Waals surface area contributed by atoms with Crippen molar-refractivity contribution in [3.05, 3.63) is 18.2 Å². The number of aryl methyl sites for hydroxylation is 2. The first-order valence-electron chi connectivity index (χ1n) is 6.94. The maximum atomic E-state index is 4.33. The Bertz CT molecular complexity index is 291. The summed E-state index contributed by atoms with van der Waals surface area (Å²) in [5, 5.41) is 3.48. The second-order valence-corrected chi connectivity index (χ2v) is 5.05. The molecule has 1 aromatic rings. The maximum Gasteiger partial charge on any atom is 0.108 e. The number of aromatic nitrogens is 2. The molecule has 1 heterocycles. The monoisotopic (exact) mass is 237 g/mol. The van der Waals surface area contributed by atoms with Gasteiger partial charge >= 0.3 is 0 Å². The first-order valence-corrected chi connectivity index (χ1v) is 6.94. The van der Waals surface area contributed by atoms with Crippen molar-refractivity contribution in [2.45, 2.75) is 53.0 Å². The van der Waals surface area contributed by atoms with Crippen LogP contribution in [0.5, 0.6) is 0 Å². The highest BCUT2D eigenvalue weighted by atomic mass is 15.1. The van der Waals surface area contributed by atoms with E-state index in [0.29, 0.717) is 0 Å². The van der Waals surface area contributed by atoms with Gasteiger partial charge in [0.25, 0.3) is 0 Å². The zero-order chi connectivity index (χ0) is 12.5. The summed E-state index contributed by atoms with van der Waals surface area (Å²) in [5.74, 6) is 1.97. The molecular formula is C14H27N3. The highest BCUT2D eigenvalue weighted by Crippen LogP contribution is 2.03. The van der Waals surface area contributed by atoms with Crippen LogP contribution in [0.1, 0.15) is 45.9 Å². The number of nitrogens with one attached hydrogen (secondary N) is 1. The molecule has 0 aliphatic rings. The summed E-state index contributed by atoms with van der Waals surface area (Å²) in [6.07, 6.45) is 8.86. The second-order valence-electron chi connectivity index (χ2n) is 5.05. The molecule has 0 saturated carbocycles. The molecular weight excluding hydrogens is 210 g/mol. The van der Waals surface area contributed by atoms with Crippen LogP contribution in [0.25, 0.3) is 0 Å². The van der Waals surface area contributed by atoms with Crippen LogP contribution in [0.2, 0.25) is 0 Å². The van der Waals surface area contributed by atoms with E-state index in [9.17, 15) is 0 Å². The van der Waals surface area contributed by atoms with Crippen molar-refractivity contribution in [1.82, 2.24) is 14.9 Å². The van der Waals surface area contributed by atoms with Gasteiger partial charge in [-0.2, -0.15) is 0 Å². The molecule has 0 aliphatic carbocycles. The molecule has 98 valence electrons. The smallest absolute Gasteiger partial charge is 0.108 e. The molecule has 0 atom stereocenters. The van der Waals surface area contributed by atoms with Crippen LogP contribution in [0, 0.1) is 5.92 Å². The van der Waals surface area contributed by atoms with Crippen molar-refractivity contribution in [3.63, 3.8) is 0 Å². The van der Waals surface area contributed by atoms with E-state index in [1.165, 1.54) is 25.1 Å². The van der Waals surface area contributed by atoms with Crippen molar-refractivity contribution >= 4 is 0 Å². The van der Waals surface area contributed by atoms with Crippen molar-refractivity contribution in [2.24, 2.45) is 5.92 Å². The van der Waals surface area contributed by atoms with Crippen molar-refractivity contribution in [3.8, 4) is 0 Å². The molecule has 0 bridgehead atoms. The topological polar surface area (TPSA) is 29.9 Å². The molecule has 0 aromatic carbocycles. The summed E-state index contributed by atoms with van der Waals surface area (Å²) in [6.45, 7) is 10.1. The van der Waals surface area contributed by atoms with Gasteiger partial charge in [0, 0.05) is 25.4 Å². The van der Waals surface area contributed by atoms with Gasteiger partial charge in [-0.3, -0.25) is 0 Å². The number of hydrogen-bond acceptors (Lipinski definition) is 2. The van der Waals surface area contributed by atoms with Gasteiger partial charge in [-0.05, 0) is 31.8 Å². The molecule has 0 unspecified atom stereocenters. The van der Waals surface area contributed by atoms with Crippen LogP contribution in [-0.2, 0) is 13.0 Å². The molecule has 0 amide bonds. The third kappa shape index (κ3) is 5.87. The van der Waals surface area contributed by atoms with Crippen LogP contribution in [0.3, 0.4) is 0 Å². The number of unbranched alkanes of at least 4 members (excludes halogenated alkanes) is 2. The Hall–Kier alpha value is -0.830. The highest BCUT2D eigenvalue weighted by Gasteiger charge is 1.99. The van der Waals surface area contributed by atoms with Gasteiger partial charge in [0.05, 0.1) is 0 Å². The minimum absolute atomic E-state index is 0.757. The largest absolute Gasteiger partial charge is 0.335 e. The molecule has 1 rings (SSSR count). The number of rotatable bonds is 9. The Labute approximate surface area is 106 Å². The summed E-state index contributed by atoms with van der Waals surface area (Å²) in [6, 6.07) is 0. The third-order valence-corrected chi connectivity index (χ3v) is 2.92. The summed E-state index contributed by atoms with van der Waals surface area (Å²) >= 11 is 0. The van der Waals surface area contributed by atoms with Gasteiger partial charge in [0.2, 0.25) is 0 Å². The molecule has 3 heteroatoms. The van der Waals surface area contributed by atoms with E-state index in [4.69, 9.17) is 0 Å². The van der Waals surface area contributed by atoms with Crippen LogP contribution in [-0.4, -0.2) is 22.6 Å². The fourth-order valence-electron chi connectivity index (χ4n) is 1.96. The predicted molar refractivity (Wildman–Crippen MR) is 73.2 cm³/mol. The minimum Gasteiger partial charge on any atom is -0.335 e. The molecule has 0 aliphatic heterocycles. The fourth-order valence-corrected chi connectivity index (χ4v) is 1.96. The normalized spacial score (nSPS) is 11.3. The lowest BCUT2D eigenvalue weighted by Crippen LogP contribution is -2.20. The lowest BCUT2D eigenvalue weighted by molar-refractivity contribution is 0.514. The lowest BCUT2D eigenvalue weighted by atomic mass is 10.2. The summed E-state index contributed by atoms with van der Waals surface area (Å²) < 4.78 is 2.28. The Morgan fingerprint density at radius 1 is 1.29 bits per heavy atom. The summed E-state index contributed by atoms with van der Waals surface area (Å²) in [7, 11) is 0. The van der Waals surface area contributed by atoms with Gasteiger partial charge in [-0.25, -0.2) is 4.98 Å². The maximum absolute atomic E-state index is 4.33. The van der Waals surface area contributed by atoms with Crippen LogP contribution in [0.4, 0.5) is 0 Å². The minimum atomic E-state index is 0.757. The molecule has 0 saturated heterocycles. The number of nitrogens with zero attached hydrogens (tertiary/aromatic N) is 2. The van der Waals surface area contributed by atoms with Gasteiger partial charge < -0.3 is 9.88 Å². The van der Waals surface area contributed by atoms with E-state index in [-0.39, 0.29) is 0 Å². The second kappa shape index (κ2) is 8.29. The molecule has 0 fully saturated rings. The molecule has 0 spiro atoms. The van der Waals surface area contributed by atoms with Crippen LogP contribution < -0.4 is 5.32 Å². The first-order chi connectivity index (χ1) is 8.24. The van der Waals surface area contributed by atoms with Gasteiger partial charge in [-0.15, -0.1) is 0 Å².